The molecule has 0 aromatic heterocycles. The molecule has 14 heavy (non-hydrogen) atoms. The smallest absolute Gasteiger partial charge is 0.128 e. The Morgan fingerprint density at radius 3 is 2.93 bits per heavy atom. The molecule has 0 spiro atoms. The van der Waals surface area contributed by atoms with Crippen molar-refractivity contribution in [2.24, 2.45) is 5.73 Å². The molecule has 0 saturated heterocycles. The van der Waals surface area contributed by atoms with Gasteiger partial charge in [0.15, 0.2) is 0 Å². The topological polar surface area (TPSA) is 44.5 Å². The van der Waals surface area contributed by atoms with E-state index in [4.69, 9.17) is 15.2 Å². The lowest BCUT2D eigenvalue weighted by Gasteiger charge is -2.11. The van der Waals surface area contributed by atoms with Gasteiger partial charge in [0, 0.05) is 11.6 Å². The second-order valence-corrected chi connectivity index (χ2v) is 3.49. The zero-order valence-electron chi connectivity index (χ0n) is 8.49. The third-order valence-electron chi connectivity index (χ3n) is 2.66. The van der Waals surface area contributed by atoms with Gasteiger partial charge >= 0.3 is 0 Å². The van der Waals surface area contributed by atoms with Crippen molar-refractivity contribution in [1.82, 2.24) is 0 Å². The van der Waals surface area contributed by atoms with Crippen molar-refractivity contribution < 1.29 is 9.47 Å². The zero-order valence-corrected chi connectivity index (χ0v) is 8.49. The molecule has 76 valence electrons. The first kappa shape index (κ1) is 9.34. The Hall–Kier alpha value is -1.22. The first-order valence-corrected chi connectivity index (χ1v) is 4.86. The highest BCUT2D eigenvalue weighted by Crippen LogP contribution is 2.38. The fourth-order valence-electron chi connectivity index (χ4n) is 1.79. The van der Waals surface area contributed by atoms with Gasteiger partial charge < -0.3 is 15.2 Å². The minimum atomic E-state index is 0.000839. The predicted molar refractivity (Wildman–Crippen MR) is 54.6 cm³/mol. The van der Waals surface area contributed by atoms with E-state index in [0.29, 0.717) is 0 Å². The van der Waals surface area contributed by atoms with Crippen molar-refractivity contribution in [2.75, 3.05) is 7.11 Å². The van der Waals surface area contributed by atoms with Gasteiger partial charge in [-0.05, 0) is 18.6 Å². The SMILES string of the molecule is CCC1Oc2cc(OC)ccc2C1N. The van der Waals surface area contributed by atoms with Crippen LogP contribution in [0.1, 0.15) is 24.9 Å². The normalized spacial score (nSPS) is 24.2. The van der Waals surface area contributed by atoms with Crippen molar-refractivity contribution in [1.29, 1.82) is 0 Å². The maximum atomic E-state index is 6.03. The van der Waals surface area contributed by atoms with Crippen LogP contribution in [0.5, 0.6) is 11.5 Å². The molecule has 0 radical (unpaired) electrons. The van der Waals surface area contributed by atoms with E-state index in [0.717, 1.165) is 23.5 Å². The van der Waals surface area contributed by atoms with E-state index in [1.165, 1.54) is 0 Å². The third kappa shape index (κ3) is 1.34. The number of rotatable bonds is 2. The van der Waals surface area contributed by atoms with Crippen LogP contribution < -0.4 is 15.2 Å². The first-order valence-electron chi connectivity index (χ1n) is 4.86. The number of nitrogens with two attached hydrogens (primary N) is 1. The van der Waals surface area contributed by atoms with Crippen LogP contribution in [0.3, 0.4) is 0 Å². The summed E-state index contributed by atoms with van der Waals surface area (Å²) in [5.74, 6) is 1.68. The summed E-state index contributed by atoms with van der Waals surface area (Å²) in [5.41, 5.74) is 7.11. The molecule has 1 heterocycles. The minimum absolute atomic E-state index is 0.000839. The molecule has 1 aromatic rings. The average Bonchev–Trinajstić information content (AvgIpc) is 2.55. The second kappa shape index (κ2) is 3.50. The molecule has 0 aliphatic carbocycles. The highest BCUT2D eigenvalue weighted by molar-refractivity contribution is 5.45. The summed E-state index contributed by atoms with van der Waals surface area (Å²) in [6.07, 6.45) is 1.04. The van der Waals surface area contributed by atoms with E-state index >= 15 is 0 Å². The molecule has 2 N–H and O–H groups in total. The Kier molecular flexibility index (Phi) is 2.33. The third-order valence-corrected chi connectivity index (χ3v) is 2.66. The van der Waals surface area contributed by atoms with Crippen molar-refractivity contribution in [3.63, 3.8) is 0 Å². The van der Waals surface area contributed by atoms with E-state index in [9.17, 15) is 0 Å². The number of benzene rings is 1. The molecule has 3 heteroatoms. The number of hydrogen-bond acceptors (Lipinski definition) is 3. The van der Waals surface area contributed by atoms with Gasteiger partial charge in [-0.2, -0.15) is 0 Å². The van der Waals surface area contributed by atoms with Gasteiger partial charge in [-0.1, -0.05) is 6.92 Å². The van der Waals surface area contributed by atoms with Crippen LogP contribution in [0.15, 0.2) is 18.2 Å². The van der Waals surface area contributed by atoms with Gasteiger partial charge in [-0.3, -0.25) is 0 Å². The summed E-state index contributed by atoms with van der Waals surface area (Å²) in [5, 5.41) is 0. The lowest BCUT2D eigenvalue weighted by atomic mass is 10.0. The highest BCUT2D eigenvalue weighted by atomic mass is 16.5. The number of fused-ring (bicyclic) bond motifs is 1. The molecular weight excluding hydrogens is 178 g/mol. The molecule has 0 saturated carbocycles. The minimum Gasteiger partial charge on any atom is -0.497 e. The van der Waals surface area contributed by atoms with Crippen LogP contribution in [-0.2, 0) is 0 Å². The van der Waals surface area contributed by atoms with E-state index in [2.05, 4.69) is 6.92 Å². The Bertz CT molecular complexity index is 338. The van der Waals surface area contributed by atoms with Crippen molar-refractivity contribution in [3.8, 4) is 11.5 Å². The molecule has 0 amide bonds. The quantitative estimate of drug-likeness (QED) is 0.779. The van der Waals surface area contributed by atoms with Gasteiger partial charge in [-0.25, -0.2) is 0 Å². The van der Waals surface area contributed by atoms with Crippen molar-refractivity contribution in [3.05, 3.63) is 23.8 Å². The van der Waals surface area contributed by atoms with Gasteiger partial charge in [0.1, 0.15) is 17.6 Å². The van der Waals surface area contributed by atoms with Gasteiger partial charge in [0.05, 0.1) is 13.2 Å². The molecule has 3 nitrogen and oxygen atoms in total. The van der Waals surface area contributed by atoms with Crippen LogP contribution in [0, 0.1) is 0 Å². The number of methoxy groups -OCH3 is 1. The molecule has 2 rings (SSSR count). The van der Waals surface area contributed by atoms with Crippen LogP contribution in [-0.4, -0.2) is 13.2 Å². The lowest BCUT2D eigenvalue weighted by molar-refractivity contribution is 0.202. The van der Waals surface area contributed by atoms with E-state index in [1.54, 1.807) is 7.11 Å². The predicted octanol–water partition coefficient (Wildman–Crippen LogP) is 1.87. The maximum Gasteiger partial charge on any atom is 0.128 e. The standard InChI is InChI=1S/C11H15NO2/c1-3-9-11(12)8-5-4-7(13-2)6-10(8)14-9/h4-6,9,11H,3,12H2,1-2H3. The molecule has 1 aromatic carbocycles. The molecule has 0 fully saturated rings. The Labute approximate surface area is 83.8 Å². The summed E-state index contributed by atoms with van der Waals surface area (Å²) in [6, 6.07) is 5.79. The number of ether oxygens (including phenoxy) is 2. The van der Waals surface area contributed by atoms with E-state index in [1.807, 2.05) is 18.2 Å². The Balaban J connectivity index is 2.34. The van der Waals surface area contributed by atoms with Crippen LogP contribution in [0.25, 0.3) is 0 Å². The molecule has 2 unspecified atom stereocenters. The average molecular weight is 193 g/mol. The molecule has 1 aliphatic rings. The summed E-state index contributed by atoms with van der Waals surface area (Å²) in [6.45, 7) is 2.08. The summed E-state index contributed by atoms with van der Waals surface area (Å²) < 4.78 is 10.8. The monoisotopic (exact) mass is 193 g/mol. The summed E-state index contributed by atoms with van der Waals surface area (Å²) in [4.78, 5) is 0. The largest absolute Gasteiger partial charge is 0.497 e. The fourth-order valence-corrected chi connectivity index (χ4v) is 1.79. The van der Waals surface area contributed by atoms with Gasteiger partial charge in [0.2, 0.25) is 0 Å². The first-order chi connectivity index (χ1) is 6.76. The van der Waals surface area contributed by atoms with Crippen LogP contribution in [0.4, 0.5) is 0 Å². The van der Waals surface area contributed by atoms with Gasteiger partial charge in [-0.15, -0.1) is 0 Å². The zero-order chi connectivity index (χ0) is 10.1. The van der Waals surface area contributed by atoms with Crippen LogP contribution >= 0.6 is 0 Å². The fraction of sp³-hybridized carbons (Fsp3) is 0.455. The highest BCUT2D eigenvalue weighted by Gasteiger charge is 2.30. The maximum absolute atomic E-state index is 6.03. The van der Waals surface area contributed by atoms with E-state index in [-0.39, 0.29) is 12.1 Å². The molecule has 2 atom stereocenters. The Morgan fingerprint density at radius 2 is 2.29 bits per heavy atom. The molecule has 1 aliphatic heterocycles. The molecule has 0 bridgehead atoms. The van der Waals surface area contributed by atoms with E-state index < -0.39 is 0 Å². The van der Waals surface area contributed by atoms with Crippen LogP contribution in [0.2, 0.25) is 0 Å². The van der Waals surface area contributed by atoms with Gasteiger partial charge in [0.25, 0.3) is 0 Å². The summed E-state index contributed by atoms with van der Waals surface area (Å²) >= 11 is 0. The summed E-state index contributed by atoms with van der Waals surface area (Å²) in [7, 11) is 1.65. The number of hydrogen-bond donors (Lipinski definition) is 1. The lowest BCUT2D eigenvalue weighted by Crippen LogP contribution is -2.24. The second-order valence-electron chi connectivity index (χ2n) is 3.49. The molecular formula is C11H15NO2. The van der Waals surface area contributed by atoms with Crippen molar-refractivity contribution in [2.45, 2.75) is 25.5 Å². The Morgan fingerprint density at radius 1 is 1.50 bits per heavy atom. The van der Waals surface area contributed by atoms with Crippen molar-refractivity contribution >= 4 is 0 Å².